The molecular formula is C18H25N11O8S2. The van der Waals surface area contributed by atoms with Crippen LogP contribution in [0.15, 0.2) is 11.4 Å². The van der Waals surface area contributed by atoms with Crippen LogP contribution < -0.4 is 22.1 Å². The van der Waals surface area contributed by atoms with Crippen molar-refractivity contribution in [2.45, 2.75) is 50.0 Å². The van der Waals surface area contributed by atoms with Crippen LogP contribution in [0, 0.1) is 0 Å². The van der Waals surface area contributed by atoms with Gasteiger partial charge in [0.15, 0.2) is 5.13 Å². The second kappa shape index (κ2) is 11.1. The number of nitrogens with one attached hydrogen (secondary N) is 2. The van der Waals surface area contributed by atoms with Crippen molar-refractivity contribution in [3.8, 4) is 0 Å². The molecule has 2 aromatic heterocycles. The van der Waals surface area contributed by atoms with Crippen LogP contribution in [0.4, 0.5) is 5.13 Å². The number of hydrogen-bond donors (Lipinski definition) is 6. The summed E-state index contributed by atoms with van der Waals surface area (Å²) in [4.78, 5) is 47.2. The molecule has 1 aliphatic heterocycles. The summed E-state index contributed by atoms with van der Waals surface area (Å²) in [5.74, 6) is -3.80. The summed E-state index contributed by atoms with van der Waals surface area (Å²) in [6.07, 6.45) is 2.49. The molecule has 0 spiro atoms. The highest BCUT2D eigenvalue weighted by Crippen LogP contribution is 2.40. The van der Waals surface area contributed by atoms with E-state index in [-0.39, 0.29) is 34.6 Å². The molecular weight excluding hydrogens is 562 g/mol. The van der Waals surface area contributed by atoms with Gasteiger partial charge in [0.25, 0.3) is 11.8 Å². The number of hydrogen-bond acceptors (Lipinski definition) is 15. The molecule has 0 bridgehead atoms. The molecule has 2 unspecified atom stereocenters. The van der Waals surface area contributed by atoms with Gasteiger partial charge >= 0.3 is 16.3 Å². The van der Waals surface area contributed by atoms with Crippen LogP contribution in [0.25, 0.3) is 0 Å². The predicted molar refractivity (Wildman–Crippen MR) is 131 cm³/mol. The van der Waals surface area contributed by atoms with E-state index in [1.54, 1.807) is 0 Å². The number of nitrogens with zero attached hydrogens (tertiary/aromatic N) is 7. The molecule has 1 saturated carbocycles. The van der Waals surface area contributed by atoms with Crippen molar-refractivity contribution >= 4 is 50.5 Å². The van der Waals surface area contributed by atoms with E-state index in [2.05, 4.69) is 35.3 Å². The minimum absolute atomic E-state index is 0.0295. The number of aliphatic carboxylic acids is 1. The van der Waals surface area contributed by atoms with Crippen LogP contribution in [0.3, 0.4) is 0 Å². The zero-order chi connectivity index (χ0) is 28.4. The number of nitrogens with two attached hydrogens (primary N) is 2. The monoisotopic (exact) mass is 587 g/mol. The average molecular weight is 588 g/mol. The number of oxime groups is 1. The van der Waals surface area contributed by atoms with Crippen LogP contribution in [0.1, 0.15) is 30.8 Å². The number of β-lactam (4-membered cyclic amide) rings is 1. The maximum absolute atomic E-state index is 13.1. The number of carbonyl (C=O) groups excluding carboxylic acids is 2. The fourth-order valence-electron chi connectivity index (χ4n) is 3.57. The van der Waals surface area contributed by atoms with Crippen molar-refractivity contribution in [3.05, 3.63) is 17.7 Å². The minimum atomic E-state index is -4.99. The third-order valence-electron chi connectivity index (χ3n) is 5.78. The quantitative estimate of drug-likeness (QED) is 0.0414. The molecule has 19 nitrogen and oxygen atoms in total. The molecule has 2 fully saturated rings. The molecule has 21 heteroatoms. The first-order chi connectivity index (χ1) is 18.4. The van der Waals surface area contributed by atoms with E-state index in [0.717, 1.165) is 22.7 Å². The van der Waals surface area contributed by atoms with E-state index < -0.39 is 51.5 Å². The number of rotatable bonds is 14. The molecule has 0 aromatic carbocycles. The van der Waals surface area contributed by atoms with Crippen molar-refractivity contribution in [1.82, 2.24) is 39.3 Å². The lowest BCUT2D eigenvalue weighted by Gasteiger charge is -2.43. The summed E-state index contributed by atoms with van der Waals surface area (Å²) in [7, 11) is -4.99. The molecule has 4 rings (SSSR count). The van der Waals surface area contributed by atoms with Crippen molar-refractivity contribution in [2.75, 3.05) is 18.8 Å². The summed E-state index contributed by atoms with van der Waals surface area (Å²) in [6, 6.07) is -2.78. The number of carboxylic acids is 1. The Morgan fingerprint density at radius 1 is 1.36 bits per heavy atom. The zero-order valence-corrected chi connectivity index (χ0v) is 21.8. The topological polar surface area (TPSA) is 283 Å². The molecule has 212 valence electrons. The number of anilines is 1. The molecule has 3 heterocycles. The van der Waals surface area contributed by atoms with Gasteiger partial charge in [-0.2, -0.15) is 32.8 Å². The van der Waals surface area contributed by atoms with Crippen LogP contribution in [0.5, 0.6) is 0 Å². The molecule has 8 N–H and O–H groups in total. The number of carboxylic acid groups (broad SMARTS) is 1. The maximum atomic E-state index is 13.1. The van der Waals surface area contributed by atoms with Gasteiger partial charge in [-0.15, -0.1) is 0 Å². The first-order valence-electron chi connectivity index (χ1n) is 11.5. The number of aromatic nitrogens is 5. The van der Waals surface area contributed by atoms with E-state index in [0.29, 0.717) is 25.3 Å². The first kappa shape index (κ1) is 28.2. The van der Waals surface area contributed by atoms with Gasteiger partial charge in [0.05, 0.1) is 18.4 Å². The minimum Gasteiger partial charge on any atom is -0.478 e. The zero-order valence-electron chi connectivity index (χ0n) is 20.1. The summed E-state index contributed by atoms with van der Waals surface area (Å²) < 4.78 is 37.3. The van der Waals surface area contributed by atoms with Gasteiger partial charge in [0.1, 0.15) is 12.1 Å². The van der Waals surface area contributed by atoms with Crippen molar-refractivity contribution < 1.29 is 37.3 Å². The molecule has 39 heavy (non-hydrogen) atoms. The third-order valence-corrected chi connectivity index (χ3v) is 7.27. The molecule has 2 aliphatic rings. The highest BCUT2D eigenvalue weighted by Gasteiger charge is 2.56. The average Bonchev–Trinajstić information content (AvgIpc) is 3.33. The van der Waals surface area contributed by atoms with Gasteiger partial charge in [0, 0.05) is 30.9 Å². The van der Waals surface area contributed by atoms with Crippen LogP contribution >= 0.6 is 11.5 Å². The predicted octanol–water partition coefficient (Wildman–Crippen LogP) is -3.31. The Hall–Kier alpha value is -3.79. The summed E-state index contributed by atoms with van der Waals surface area (Å²) in [6.45, 7) is 1.20. The summed E-state index contributed by atoms with van der Waals surface area (Å²) >= 11 is 0.726. The number of nitrogen functional groups attached to an aromatic ring is 1. The second-order valence-corrected chi connectivity index (χ2v) is 10.7. The lowest BCUT2D eigenvalue weighted by molar-refractivity contribution is -0.153. The maximum Gasteiger partial charge on any atom is 0.362 e. The summed E-state index contributed by atoms with van der Waals surface area (Å²) in [5.41, 5.74) is 9.35. The van der Waals surface area contributed by atoms with Crippen LogP contribution in [0.2, 0.25) is 0 Å². The highest BCUT2D eigenvalue weighted by molar-refractivity contribution is 7.84. The van der Waals surface area contributed by atoms with E-state index in [1.165, 1.54) is 6.20 Å². The number of carbonyl (C=O) groups is 3. The molecule has 1 saturated heterocycles. The Morgan fingerprint density at radius 2 is 2.10 bits per heavy atom. The first-order valence-corrected chi connectivity index (χ1v) is 13.6. The molecule has 1 aliphatic carbocycles. The smallest absolute Gasteiger partial charge is 0.362 e. The van der Waals surface area contributed by atoms with Crippen molar-refractivity contribution in [3.63, 3.8) is 0 Å². The van der Waals surface area contributed by atoms with Crippen molar-refractivity contribution in [1.29, 1.82) is 0 Å². The van der Waals surface area contributed by atoms with Crippen LogP contribution in [-0.4, -0.2) is 101 Å². The Bertz CT molecular complexity index is 1390. The van der Waals surface area contributed by atoms with Gasteiger partial charge in [-0.3, -0.25) is 14.1 Å². The molecule has 2 atom stereocenters. The Morgan fingerprint density at radius 3 is 2.69 bits per heavy atom. The van der Waals surface area contributed by atoms with Gasteiger partial charge in [0.2, 0.25) is 17.1 Å². The molecule has 2 amide bonds. The number of amides is 2. The van der Waals surface area contributed by atoms with Gasteiger partial charge < -0.3 is 32.0 Å². The normalized spacial score (nSPS) is 20.4. The molecule has 0 radical (unpaired) electrons. The Balaban J connectivity index is 1.51. The second-order valence-electron chi connectivity index (χ2n) is 8.63. The lowest BCUT2D eigenvalue weighted by Crippen LogP contribution is -2.73. The van der Waals surface area contributed by atoms with Crippen molar-refractivity contribution in [2.24, 2.45) is 10.9 Å². The standard InChI is InChI=1S/C18H25N11O8S2/c19-4-1-5-21-6-9-7-22-28(25-9)8-10-11(15(31)29(10)39(34,35)36)23-14(30)12(13-24-17(20)38-27-13)26-37-18(2-3-18)16(32)33/h7,10-11,21H,1-6,8,19H2,(H,23,30)(H,32,33)(H2,20,24,27)(H,34,35,36). The SMILES string of the molecule is NCCCNCc1cnn(CC2C(NC(=O)C(=NOC3(C(=O)O)CC3)c3nsc(N)n3)C(=O)N2S(=O)(=O)O)n1. The molecule has 2 aromatic rings. The largest absolute Gasteiger partial charge is 0.478 e. The van der Waals surface area contributed by atoms with Crippen LogP contribution in [-0.2, 0) is 42.6 Å². The Kier molecular flexibility index (Phi) is 8.06. The summed E-state index contributed by atoms with van der Waals surface area (Å²) in [5, 5.41) is 26.6. The van der Waals surface area contributed by atoms with Gasteiger partial charge in [-0.05, 0) is 19.5 Å². The van der Waals surface area contributed by atoms with E-state index in [4.69, 9.17) is 16.3 Å². The lowest BCUT2D eigenvalue weighted by atomic mass is 9.98. The third kappa shape index (κ3) is 6.27. The highest BCUT2D eigenvalue weighted by atomic mass is 32.2. The fourth-order valence-corrected chi connectivity index (χ4v) is 4.88. The fraction of sp³-hybridized carbons (Fsp3) is 0.556. The van der Waals surface area contributed by atoms with E-state index >= 15 is 0 Å². The van der Waals surface area contributed by atoms with E-state index in [1.807, 2.05) is 0 Å². The van der Waals surface area contributed by atoms with E-state index in [9.17, 15) is 32.5 Å². The van der Waals surface area contributed by atoms with Gasteiger partial charge in [-0.1, -0.05) is 5.16 Å². The Labute approximate surface area is 224 Å². The van der Waals surface area contributed by atoms with Gasteiger partial charge in [-0.25, -0.2) is 9.10 Å².